The predicted molar refractivity (Wildman–Crippen MR) is 125 cm³/mol. The van der Waals surface area contributed by atoms with Crippen LogP contribution in [0.1, 0.15) is 24.0 Å². The number of benzene rings is 3. The van der Waals surface area contributed by atoms with Crippen molar-refractivity contribution in [2.75, 3.05) is 17.1 Å². The van der Waals surface area contributed by atoms with Gasteiger partial charge in [0.25, 0.3) is 0 Å². The van der Waals surface area contributed by atoms with Crippen molar-refractivity contribution < 1.29 is 17.6 Å². The zero-order valence-corrected chi connectivity index (χ0v) is 18.8. The van der Waals surface area contributed by atoms with E-state index in [2.05, 4.69) is 0 Å². The number of hydrogen-bond acceptors (Lipinski definition) is 3. The van der Waals surface area contributed by atoms with Crippen LogP contribution in [-0.4, -0.2) is 32.0 Å². The van der Waals surface area contributed by atoms with Gasteiger partial charge in [-0.15, -0.1) is 0 Å². The fourth-order valence-corrected chi connectivity index (χ4v) is 4.43. The van der Waals surface area contributed by atoms with Crippen LogP contribution in [0, 0.1) is 5.82 Å². The summed E-state index contributed by atoms with van der Waals surface area (Å²) in [5.41, 5.74) is 2.44. The number of sulfonamides is 1. The Morgan fingerprint density at radius 1 is 0.812 bits per heavy atom. The molecule has 3 rings (SSSR count). The molecule has 0 aliphatic heterocycles. The largest absolute Gasteiger partial charge is 0.334 e. The van der Waals surface area contributed by atoms with Crippen LogP contribution in [0.15, 0.2) is 84.9 Å². The number of halogens is 1. The fourth-order valence-electron chi connectivity index (χ4n) is 3.47. The molecule has 0 aliphatic carbocycles. The first-order valence-corrected chi connectivity index (χ1v) is 12.3. The van der Waals surface area contributed by atoms with Crippen LogP contribution in [0.4, 0.5) is 10.1 Å². The number of nitrogens with zero attached hydrogens (tertiary/aromatic N) is 2. The Balaban J connectivity index is 1.68. The highest BCUT2D eigenvalue weighted by molar-refractivity contribution is 7.92. The lowest BCUT2D eigenvalue weighted by Gasteiger charge is -2.25. The summed E-state index contributed by atoms with van der Waals surface area (Å²) in [5.74, 6) is -0.486. The van der Waals surface area contributed by atoms with E-state index in [1.54, 1.807) is 4.90 Å². The molecule has 0 fully saturated rings. The van der Waals surface area contributed by atoms with E-state index in [1.807, 2.05) is 60.7 Å². The molecule has 168 valence electrons. The highest BCUT2D eigenvalue weighted by Gasteiger charge is 2.19. The molecular weight excluding hydrogens is 427 g/mol. The monoisotopic (exact) mass is 454 g/mol. The number of carbonyl (C=O) groups is 1. The molecule has 0 unspecified atom stereocenters. The van der Waals surface area contributed by atoms with Gasteiger partial charge in [-0.1, -0.05) is 60.7 Å². The van der Waals surface area contributed by atoms with Gasteiger partial charge in [0.1, 0.15) is 5.82 Å². The number of hydrogen-bond donors (Lipinski definition) is 0. The lowest BCUT2D eigenvalue weighted by molar-refractivity contribution is -0.132. The molecule has 0 N–H and O–H groups in total. The van der Waals surface area contributed by atoms with Crippen molar-refractivity contribution in [3.8, 4) is 0 Å². The molecule has 0 saturated carbocycles. The number of carbonyl (C=O) groups excluding carboxylic acids is 1. The molecule has 0 aromatic heterocycles. The van der Waals surface area contributed by atoms with Crippen LogP contribution in [0.3, 0.4) is 0 Å². The average molecular weight is 455 g/mol. The molecule has 3 aromatic carbocycles. The van der Waals surface area contributed by atoms with Gasteiger partial charge in [0.15, 0.2) is 0 Å². The molecule has 3 aromatic rings. The van der Waals surface area contributed by atoms with E-state index < -0.39 is 15.8 Å². The second-order valence-electron chi connectivity index (χ2n) is 7.64. The molecule has 0 bridgehead atoms. The van der Waals surface area contributed by atoms with Gasteiger partial charge in [0.2, 0.25) is 15.9 Å². The Bertz CT molecular complexity index is 1060. The third-order valence-corrected chi connectivity index (χ3v) is 6.25. The van der Waals surface area contributed by atoms with Gasteiger partial charge in [-0.3, -0.25) is 9.10 Å². The summed E-state index contributed by atoms with van der Waals surface area (Å²) in [6.45, 7) is 1.09. The van der Waals surface area contributed by atoms with Gasteiger partial charge >= 0.3 is 0 Å². The number of amides is 1. The summed E-state index contributed by atoms with van der Waals surface area (Å²) in [7, 11) is -3.56. The maximum atomic E-state index is 13.2. The van der Waals surface area contributed by atoms with E-state index in [4.69, 9.17) is 0 Å². The Hall–Kier alpha value is -3.19. The molecule has 0 heterocycles. The molecule has 0 atom stereocenters. The van der Waals surface area contributed by atoms with Crippen molar-refractivity contribution in [2.45, 2.75) is 25.9 Å². The molecule has 7 heteroatoms. The highest BCUT2D eigenvalue weighted by Crippen LogP contribution is 2.19. The third-order valence-electron chi connectivity index (χ3n) is 5.05. The quantitative estimate of drug-likeness (QED) is 0.450. The Morgan fingerprint density at radius 3 is 1.78 bits per heavy atom. The number of rotatable bonds is 10. The minimum absolute atomic E-state index is 0.0507. The smallest absolute Gasteiger partial charge is 0.232 e. The van der Waals surface area contributed by atoms with Crippen LogP contribution >= 0.6 is 0 Å². The minimum Gasteiger partial charge on any atom is -0.334 e. The van der Waals surface area contributed by atoms with Gasteiger partial charge in [0, 0.05) is 26.1 Å². The summed E-state index contributed by atoms with van der Waals surface area (Å²) in [4.78, 5) is 14.9. The molecular formula is C25H27FN2O3S. The van der Waals surface area contributed by atoms with Crippen molar-refractivity contribution in [3.63, 3.8) is 0 Å². The maximum absolute atomic E-state index is 13.2. The van der Waals surface area contributed by atoms with Gasteiger partial charge in [-0.05, 0) is 41.8 Å². The van der Waals surface area contributed by atoms with E-state index >= 15 is 0 Å². The summed E-state index contributed by atoms with van der Waals surface area (Å²) >= 11 is 0. The Labute approximate surface area is 189 Å². The van der Waals surface area contributed by atoms with Crippen molar-refractivity contribution in [2.24, 2.45) is 0 Å². The molecule has 5 nitrogen and oxygen atoms in total. The molecule has 1 amide bonds. The van der Waals surface area contributed by atoms with E-state index in [0.717, 1.165) is 17.4 Å². The molecule has 0 saturated heterocycles. The normalized spacial score (nSPS) is 11.2. The first-order chi connectivity index (χ1) is 15.3. The zero-order chi connectivity index (χ0) is 23.0. The van der Waals surface area contributed by atoms with Crippen LogP contribution in [0.5, 0.6) is 0 Å². The minimum atomic E-state index is -3.56. The van der Waals surface area contributed by atoms with E-state index in [0.29, 0.717) is 25.2 Å². The van der Waals surface area contributed by atoms with Gasteiger partial charge < -0.3 is 4.90 Å². The van der Waals surface area contributed by atoms with Gasteiger partial charge in [0.05, 0.1) is 11.9 Å². The zero-order valence-electron chi connectivity index (χ0n) is 18.0. The molecule has 0 spiro atoms. The van der Waals surface area contributed by atoms with Gasteiger partial charge in [-0.25, -0.2) is 12.8 Å². The molecule has 0 radical (unpaired) electrons. The van der Waals surface area contributed by atoms with E-state index in [9.17, 15) is 17.6 Å². The highest BCUT2D eigenvalue weighted by atomic mass is 32.2. The molecule has 32 heavy (non-hydrogen) atoms. The second kappa shape index (κ2) is 10.9. The van der Waals surface area contributed by atoms with E-state index in [-0.39, 0.29) is 18.9 Å². The van der Waals surface area contributed by atoms with Crippen LogP contribution in [0.25, 0.3) is 0 Å². The first-order valence-electron chi connectivity index (χ1n) is 10.4. The summed E-state index contributed by atoms with van der Waals surface area (Å²) in [5, 5.41) is 0. The van der Waals surface area contributed by atoms with Crippen molar-refractivity contribution in [3.05, 3.63) is 102 Å². The Morgan fingerprint density at radius 2 is 1.31 bits per heavy atom. The standard InChI is InChI=1S/C25H27FN2O3S/c1-32(30,31)28(24-16-14-23(26)15-17-24)18-8-13-25(29)27(19-21-9-4-2-5-10-21)20-22-11-6-3-7-12-22/h2-7,9-12,14-17H,8,13,18-20H2,1H3. The summed E-state index contributed by atoms with van der Waals surface area (Å²) in [6.07, 6.45) is 1.66. The summed E-state index contributed by atoms with van der Waals surface area (Å²) in [6, 6.07) is 24.8. The Kier molecular flexibility index (Phi) is 8.00. The first kappa shape index (κ1) is 23.5. The van der Waals surface area contributed by atoms with Crippen LogP contribution in [-0.2, 0) is 27.9 Å². The summed E-state index contributed by atoms with van der Waals surface area (Å²) < 4.78 is 38.9. The lowest BCUT2D eigenvalue weighted by Crippen LogP contribution is -2.33. The van der Waals surface area contributed by atoms with Crippen LogP contribution in [0.2, 0.25) is 0 Å². The van der Waals surface area contributed by atoms with Crippen LogP contribution < -0.4 is 4.31 Å². The number of anilines is 1. The maximum Gasteiger partial charge on any atom is 0.232 e. The van der Waals surface area contributed by atoms with E-state index in [1.165, 1.54) is 28.6 Å². The van der Waals surface area contributed by atoms with Crippen molar-refractivity contribution in [1.82, 2.24) is 4.90 Å². The second-order valence-corrected chi connectivity index (χ2v) is 9.54. The van der Waals surface area contributed by atoms with Crippen molar-refractivity contribution in [1.29, 1.82) is 0 Å². The van der Waals surface area contributed by atoms with Crippen molar-refractivity contribution >= 4 is 21.6 Å². The lowest BCUT2D eigenvalue weighted by atomic mass is 10.1. The molecule has 0 aliphatic rings. The predicted octanol–water partition coefficient (Wildman–Crippen LogP) is 4.60. The topological polar surface area (TPSA) is 57.7 Å². The fraction of sp³-hybridized carbons (Fsp3) is 0.240. The third kappa shape index (κ3) is 6.92. The average Bonchev–Trinajstić information content (AvgIpc) is 2.77. The van der Waals surface area contributed by atoms with Gasteiger partial charge in [-0.2, -0.15) is 0 Å². The SMILES string of the molecule is CS(=O)(=O)N(CCCC(=O)N(Cc1ccccc1)Cc1ccccc1)c1ccc(F)cc1.